The van der Waals surface area contributed by atoms with Gasteiger partial charge in [0.1, 0.15) is 0 Å². The monoisotopic (exact) mass is 267 g/mol. The Hall–Kier alpha value is -1.71. The number of hydrogen-bond donors (Lipinski definition) is 2. The van der Waals surface area contributed by atoms with E-state index in [0.717, 1.165) is 6.42 Å². The van der Waals surface area contributed by atoms with Crippen molar-refractivity contribution in [2.24, 2.45) is 22.4 Å². The van der Waals surface area contributed by atoms with E-state index in [9.17, 15) is 0 Å². The number of hydrogen-bond acceptors (Lipinski definition) is 3. The molecule has 1 heterocycles. The molecule has 1 aliphatic heterocycles. The molecule has 20 heavy (non-hydrogen) atoms. The van der Waals surface area contributed by atoms with E-state index in [0.29, 0.717) is 19.0 Å². The lowest BCUT2D eigenvalue weighted by Crippen LogP contribution is -2.18. The number of rotatable bonds is 3. The predicted octanol–water partition coefficient (Wildman–Crippen LogP) is 2.32. The zero-order chi connectivity index (χ0) is 14.1. The average molecular weight is 267 g/mol. The molecule has 1 aromatic carbocycles. The van der Waals surface area contributed by atoms with E-state index in [1.54, 1.807) is 0 Å². The van der Waals surface area contributed by atoms with Gasteiger partial charge in [-0.05, 0) is 47.2 Å². The molecule has 2 atom stereocenters. The number of nitrogens with zero attached hydrogens (tertiary/aromatic N) is 1. The molecule has 3 heteroatoms. The summed E-state index contributed by atoms with van der Waals surface area (Å²) < 4.78 is 0. The van der Waals surface area contributed by atoms with Crippen molar-refractivity contribution < 1.29 is 0 Å². The molecule has 0 amide bonds. The van der Waals surface area contributed by atoms with Gasteiger partial charge in [-0.25, -0.2) is 0 Å². The minimum Gasteiger partial charge on any atom is -0.326 e. The standard InChI is InChI=1S/C17H21N3/c1-11-13(9-18)4-5-14(10-19)16(11)15-7-6-12-3-2-8-20-17(12)15/h2-5,7-8,12,17H,6,9-10,18-19H2,1H3. The number of aliphatic imine (C=N–C) groups is 1. The molecule has 1 aliphatic carbocycles. The van der Waals surface area contributed by atoms with Crippen LogP contribution in [0.5, 0.6) is 0 Å². The van der Waals surface area contributed by atoms with Crippen LogP contribution in [-0.2, 0) is 13.1 Å². The van der Waals surface area contributed by atoms with Gasteiger partial charge in [0.05, 0.1) is 6.04 Å². The van der Waals surface area contributed by atoms with E-state index >= 15 is 0 Å². The highest BCUT2D eigenvalue weighted by Crippen LogP contribution is 2.40. The van der Waals surface area contributed by atoms with Crippen LogP contribution in [0.1, 0.15) is 28.7 Å². The van der Waals surface area contributed by atoms with E-state index in [4.69, 9.17) is 11.5 Å². The Kier molecular flexibility index (Phi) is 3.55. The van der Waals surface area contributed by atoms with Crippen LogP contribution in [0.15, 0.2) is 35.4 Å². The Balaban J connectivity index is 2.10. The van der Waals surface area contributed by atoms with E-state index in [1.807, 2.05) is 12.3 Å². The van der Waals surface area contributed by atoms with Gasteiger partial charge in [0.2, 0.25) is 0 Å². The molecule has 2 aliphatic rings. The fourth-order valence-corrected chi connectivity index (χ4v) is 3.31. The molecule has 0 fully saturated rings. The fourth-order valence-electron chi connectivity index (χ4n) is 3.31. The van der Waals surface area contributed by atoms with Crippen LogP contribution < -0.4 is 11.5 Å². The van der Waals surface area contributed by atoms with Gasteiger partial charge >= 0.3 is 0 Å². The summed E-state index contributed by atoms with van der Waals surface area (Å²) in [5.41, 5.74) is 18.0. The predicted molar refractivity (Wildman–Crippen MR) is 84.5 cm³/mol. The highest BCUT2D eigenvalue weighted by atomic mass is 14.8. The summed E-state index contributed by atoms with van der Waals surface area (Å²) in [7, 11) is 0. The molecular weight excluding hydrogens is 246 g/mol. The molecular formula is C17H21N3. The molecule has 3 nitrogen and oxygen atoms in total. The summed E-state index contributed by atoms with van der Waals surface area (Å²) in [4.78, 5) is 4.67. The van der Waals surface area contributed by atoms with Gasteiger partial charge in [0.15, 0.2) is 0 Å². The summed E-state index contributed by atoms with van der Waals surface area (Å²) in [6, 6.07) is 4.45. The summed E-state index contributed by atoms with van der Waals surface area (Å²) in [6.07, 6.45) is 9.59. The van der Waals surface area contributed by atoms with Gasteiger partial charge in [-0.15, -0.1) is 0 Å². The van der Waals surface area contributed by atoms with Gasteiger partial charge in [-0.3, -0.25) is 4.99 Å². The molecule has 3 rings (SSSR count). The lowest BCUT2D eigenvalue weighted by molar-refractivity contribution is 0.626. The van der Waals surface area contributed by atoms with E-state index in [-0.39, 0.29) is 6.04 Å². The second-order valence-electron chi connectivity index (χ2n) is 5.48. The number of allylic oxidation sites excluding steroid dienone is 2. The average Bonchev–Trinajstić information content (AvgIpc) is 2.90. The molecule has 0 saturated heterocycles. The minimum atomic E-state index is 0.247. The third-order valence-electron chi connectivity index (χ3n) is 4.42. The van der Waals surface area contributed by atoms with Gasteiger partial charge in [0.25, 0.3) is 0 Å². The Morgan fingerprint density at radius 3 is 2.70 bits per heavy atom. The number of benzene rings is 1. The molecule has 0 saturated carbocycles. The summed E-state index contributed by atoms with van der Waals surface area (Å²) in [5.74, 6) is 0.501. The van der Waals surface area contributed by atoms with Crippen molar-refractivity contribution in [1.29, 1.82) is 0 Å². The van der Waals surface area contributed by atoms with Crippen molar-refractivity contribution in [3.63, 3.8) is 0 Å². The zero-order valence-electron chi connectivity index (χ0n) is 11.8. The van der Waals surface area contributed by atoms with E-state index in [2.05, 4.69) is 36.2 Å². The molecule has 0 spiro atoms. The maximum atomic E-state index is 5.94. The van der Waals surface area contributed by atoms with Crippen LogP contribution in [0.25, 0.3) is 5.57 Å². The first-order valence-corrected chi connectivity index (χ1v) is 7.18. The zero-order valence-corrected chi connectivity index (χ0v) is 11.8. The molecule has 4 N–H and O–H groups in total. The maximum Gasteiger partial charge on any atom is 0.0817 e. The number of dihydropyridines is 1. The summed E-state index contributed by atoms with van der Waals surface area (Å²) >= 11 is 0. The number of nitrogens with two attached hydrogens (primary N) is 2. The molecule has 104 valence electrons. The van der Waals surface area contributed by atoms with Gasteiger partial charge in [-0.2, -0.15) is 0 Å². The lowest BCUT2D eigenvalue weighted by atomic mass is 9.87. The minimum absolute atomic E-state index is 0.247. The first-order chi connectivity index (χ1) is 9.76. The Labute approximate surface area is 120 Å². The second-order valence-corrected chi connectivity index (χ2v) is 5.48. The highest BCUT2D eigenvalue weighted by Gasteiger charge is 2.31. The van der Waals surface area contributed by atoms with Crippen LogP contribution in [0.2, 0.25) is 0 Å². The van der Waals surface area contributed by atoms with Crippen molar-refractivity contribution >= 4 is 11.8 Å². The van der Waals surface area contributed by atoms with Crippen molar-refractivity contribution in [3.8, 4) is 0 Å². The Bertz CT molecular complexity index is 611. The molecule has 0 radical (unpaired) electrons. The number of fused-ring (bicyclic) bond motifs is 1. The second kappa shape index (κ2) is 5.35. The van der Waals surface area contributed by atoms with Crippen LogP contribution in [0.3, 0.4) is 0 Å². The molecule has 2 unspecified atom stereocenters. The van der Waals surface area contributed by atoms with Gasteiger partial charge in [-0.1, -0.05) is 24.3 Å². The van der Waals surface area contributed by atoms with Crippen LogP contribution in [0.4, 0.5) is 0 Å². The lowest BCUT2D eigenvalue weighted by Gasteiger charge is -2.23. The maximum absolute atomic E-state index is 5.94. The largest absolute Gasteiger partial charge is 0.326 e. The molecule has 0 aromatic heterocycles. The quantitative estimate of drug-likeness (QED) is 0.882. The third-order valence-corrected chi connectivity index (χ3v) is 4.42. The van der Waals surface area contributed by atoms with Crippen molar-refractivity contribution in [1.82, 2.24) is 0 Å². The Morgan fingerprint density at radius 1 is 1.20 bits per heavy atom. The molecule has 0 bridgehead atoms. The molecule has 1 aromatic rings. The fraction of sp³-hybridized carbons (Fsp3) is 0.353. The summed E-state index contributed by atoms with van der Waals surface area (Å²) in [5, 5.41) is 0. The topological polar surface area (TPSA) is 64.4 Å². The van der Waals surface area contributed by atoms with Crippen LogP contribution >= 0.6 is 0 Å². The van der Waals surface area contributed by atoms with Crippen LogP contribution in [0, 0.1) is 12.8 Å². The SMILES string of the molecule is Cc1c(CN)ccc(CN)c1C1=CCC2C=CC=NC12. The Morgan fingerprint density at radius 2 is 1.95 bits per heavy atom. The smallest absolute Gasteiger partial charge is 0.0817 e. The highest BCUT2D eigenvalue weighted by molar-refractivity contribution is 5.82. The van der Waals surface area contributed by atoms with Crippen molar-refractivity contribution in [2.45, 2.75) is 32.5 Å². The van der Waals surface area contributed by atoms with Gasteiger partial charge in [0, 0.05) is 25.2 Å². The van der Waals surface area contributed by atoms with E-state index < -0.39 is 0 Å². The summed E-state index contributed by atoms with van der Waals surface area (Å²) in [6.45, 7) is 3.26. The first-order valence-electron chi connectivity index (χ1n) is 7.18. The van der Waals surface area contributed by atoms with Crippen molar-refractivity contribution in [2.75, 3.05) is 0 Å². The van der Waals surface area contributed by atoms with Crippen LogP contribution in [-0.4, -0.2) is 12.3 Å². The first kappa shape index (κ1) is 13.3. The van der Waals surface area contributed by atoms with Gasteiger partial charge < -0.3 is 11.5 Å². The van der Waals surface area contributed by atoms with E-state index in [1.165, 1.54) is 27.8 Å². The van der Waals surface area contributed by atoms with Crippen molar-refractivity contribution in [3.05, 3.63) is 52.6 Å². The third kappa shape index (κ3) is 2.03. The normalized spacial score (nSPS) is 23.9.